The Morgan fingerprint density at radius 3 is 2.46 bits per heavy atom. The number of rotatable bonds is 10. The van der Waals surface area contributed by atoms with Gasteiger partial charge < -0.3 is 23.9 Å². The first kappa shape index (κ1) is 26.0. The predicted octanol–water partition coefficient (Wildman–Crippen LogP) is 4.48. The minimum atomic E-state index is -3.99. The molecule has 2 aromatic carbocycles. The van der Waals surface area contributed by atoms with Crippen LogP contribution in [-0.4, -0.2) is 38.5 Å². The zero-order chi connectivity index (χ0) is 26.4. The smallest absolute Gasteiger partial charge is 0.321 e. The highest BCUT2D eigenvalue weighted by Crippen LogP contribution is 2.25. The quantitative estimate of drug-likeness (QED) is 0.274. The molecule has 11 nitrogen and oxygen atoms in total. The van der Waals surface area contributed by atoms with Crippen molar-refractivity contribution in [2.75, 3.05) is 24.3 Å². The molecular formula is C24H21BrN4O7S. The van der Waals surface area contributed by atoms with Crippen LogP contribution in [0.15, 0.2) is 80.5 Å². The van der Waals surface area contributed by atoms with Crippen molar-refractivity contribution in [3.05, 3.63) is 82.7 Å². The zero-order valence-electron chi connectivity index (χ0n) is 19.6. The molecule has 2 N–H and O–H groups in total. The van der Waals surface area contributed by atoms with Gasteiger partial charge in [0.1, 0.15) is 18.1 Å². The summed E-state index contributed by atoms with van der Waals surface area (Å²) in [4.78, 5) is 20.4. The summed E-state index contributed by atoms with van der Waals surface area (Å²) in [5, 5.41) is 2.66. The lowest BCUT2D eigenvalue weighted by molar-refractivity contribution is 0.0992. The van der Waals surface area contributed by atoms with E-state index < -0.39 is 15.9 Å². The van der Waals surface area contributed by atoms with Gasteiger partial charge >= 0.3 is 6.01 Å². The summed E-state index contributed by atoms with van der Waals surface area (Å²) in [6, 6.07) is 17.4. The number of hydrogen-bond acceptors (Lipinski definition) is 9. The van der Waals surface area contributed by atoms with E-state index in [1.54, 1.807) is 12.1 Å². The van der Waals surface area contributed by atoms with Crippen molar-refractivity contribution in [2.24, 2.45) is 0 Å². The number of methoxy groups -OCH3 is 2. The summed E-state index contributed by atoms with van der Waals surface area (Å²) in [6.45, 7) is 0.138. The van der Waals surface area contributed by atoms with Crippen LogP contribution >= 0.6 is 15.9 Å². The molecule has 4 rings (SSSR count). The number of sulfonamides is 1. The molecule has 0 aliphatic carbocycles. The van der Waals surface area contributed by atoms with E-state index in [0.717, 1.165) is 4.47 Å². The van der Waals surface area contributed by atoms with Gasteiger partial charge in [-0.3, -0.25) is 9.52 Å². The lowest BCUT2D eigenvalue weighted by Gasteiger charge is -2.10. The Bertz CT molecular complexity index is 1490. The monoisotopic (exact) mass is 588 g/mol. The fourth-order valence-corrected chi connectivity index (χ4v) is 4.44. The molecule has 0 radical (unpaired) electrons. The molecule has 0 unspecified atom stereocenters. The van der Waals surface area contributed by atoms with Gasteiger partial charge in [0.25, 0.3) is 15.9 Å². The molecule has 13 heteroatoms. The number of carbonyl (C=O) groups excluding carboxylic acids is 1. The number of carbonyl (C=O) groups is 1. The van der Waals surface area contributed by atoms with Crippen LogP contribution in [0, 0.1) is 0 Å². The first-order chi connectivity index (χ1) is 17.8. The highest BCUT2D eigenvalue weighted by atomic mass is 79.9. The van der Waals surface area contributed by atoms with Crippen molar-refractivity contribution in [1.29, 1.82) is 0 Å². The average Bonchev–Trinajstić information content (AvgIpc) is 3.37. The number of anilines is 2. The van der Waals surface area contributed by atoms with E-state index in [4.69, 9.17) is 18.6 Å². The number of benzene rings is 2. The molecule has 1 amide bonds. The van der Waals surface area contributed by atoms with Crippen molar-refractivity contribution in [2.45, 2.75) is 11.5 Å². The third-order valence-electron chi connectivity index (χ3n) is 4.83. The number of aromatic nitrogens is 2. The SMILES string of the molecule is COc1cc(NS(=O)(=O)c2ccc(NC(=O)c3ccc(COc4ccccc4Br)o3)cc2)nc(OC)n1. The first-order valence-electron chi connectivity index (χ1n) is 10.6. The van der Waals surface area contributed by atoms with Crippen LogP contribution in [0.5, 0.6) is 17.6 Å². The number of nitrogens with one attached hydrogen (secondary N) is 2. The Morgan fingerprint density at radius 1 is 1.00 bits per heavy atom. The van der Waals surface area contributed by atoms with Gasteiger partial charge in [0.15, 0.2) is 11.6 Å². The number of ether oxygens (including phenoxy) is 3. The minimum Gasteiger partial charge on any atom is -0.484 e. The Morgan fingerprint density at radius 2 is 1.76 bits per heavy atom. The third-order valence-corrected chi connectivity index (χ3v) is 6.85. The highest BCUT2D eigenvalue weighted by Gasteiger charge is 2.18. The van der Waals surface area contributed by atoms with Gasteiger partial charge in [0, 0.05) is 11.8 Å². The van der Waals surface area contributed by atoms with Gasteiger partial charge in [-0.2, -0.15) is 9.97 Å². The lowest BCUT2D eigenvalue weighted by atomic mass is 10.3. The molecule has 0 saturated heterocycles. The maximum atomic E-state index is 12.8. The molecule has 0 bridgehead atoms. The summed E-state index contributed by atoms with van der Waals surface area (Å²) >= 11 is 3.40. The van der Waals surface area contributed by atoms with Crippen LogP contribution < -0.4 is 24.2 Å². The van der Waals surface area contributed by atoms with Gasteiger partial charge in [-0.25, -0.2) is 8.42 Å². The summed E-state index contributed by atoms with van der Waals surface area (Å²) in [5.41, 5.74) is 0.372. The largest absolute Gasteiger partial charge is 0.484 e. The van der Waals surface area contributed by atoms with E-state index in [1.807, 2.05) is 18.2 Å². The van der Waals surface area contributed by atoms with Crippen LogP contribution in [0.4, 0.5) is 11.5 Å². The van der Waals surface area contributed by atoms with Crippen LogP contribution in [0.3, 0.4) is 0 Å². The van der Waals surface area contributed by atoms with Crippen molar-refractivity contribution < 1.29 is 31.8 Å². The first-order valence-corrected chi connectivity index (χ1v) is 12.9. The zero-order valence-corrected chi connectivity index (χ0v) is 22.0. The average molecular weight is 589 g/mol. The van der Waals surface area contributed by atoms with E-state index in [9.17, 15) is 13.2 Å². The molecule has 0 spiro atoms. The second kappa shape index (κ2) is 11.3. The number of hydrogen-bond donors (Lipinski definition) is 2. The van der Waals surface area contributed by atoms with Gasteiger partial charge in [0.05, 0.1) is 23.6 Å². The van der Waals surface area contributed by atoms with Crippen molar-refractivity contribution in [3.63, 3.8) is 0 Å². The Balaban J connectivity index is 1.38. The molecular weight excluding hydrogens is 568 g/mol. The normalized spacial score (nSPS) is 11.0. The molecule has 0 fully saturated rings. The lowest BCUT2D eigenvalue weighted by Crippen LogP contribution is -2.15. The number of furan rings is 1. The summed E-state index contributed by atoms with van der Waals surface area (Å²) in [7, 11) is -1.26. The van der Waals surface area contributed by atoms with Crippen LogP contribution in [0.2, 0.25) is 0 Å². The molecule has 0 aliphatic rings. The maximum absolute atomic E-state index is 12.8. The van der Waals surface area contributed by atoms with Gasteiger partial charge in [-0.1, -0.05) is 12.1 Å². The van der Waals surface area contributed by atoms with Gasteiger partial charge in [-0.15, -0.1) is 0 Å². The number of halogens is 1. The molecule has 0 aliphatic heterocycles. The van der Waals surface area contributed by atoms with E-state index >= 15 is 0 Å². The molecule has 37 heavy (non-hydrogen) atoms. The highest BCUT2D eigenvalue weighted by molar-refractivity contribution is 9.10. The fraction of sp³-hybridized carbons (Fsp3) is 0.125. The van der Waals surface area contributed by atoms with Crippen molar-refractivity contribution in [3.8, 4) is 17.6 Å². The predicted molar refractivity (Wildman–Crippen MR) is 138 cm³/mol. The summed E-state index contributed by atoms with van der Waals surface area (Å²) in [5.74, 6) is 0.789. The van der Waals surface area contributed by atoms with Gasteiger partial charge in [0.2, 0.25) is 5.88 Å². The fourth-order valence-electron chi connectivity index (χ4n) is 3.05. The van der Waals surface area contributed by atoms with Crippen molar-refractivity contribution in [1.82, 2.24) is 9.97 Å². The summed E-state index contributed by atoms with van der Waals surface area (Å²) < 4.78 is 49.9. The molecule has 2 heterocycles. The molecule has 2 aromatic heterocycles. The van der Waals surface area contributed by atoms with E-state index in [0.29, 0.717) is 17.2 Å². The van der Waals surface area contributed by atoms with E-state index in [1.165, 1.54) is 50.6 Å². The molecule has 0 saturated carbocycles. The van der Waals surface area contributed by atoms with Gasteiger partial charge in [-0.05, 0) is 64.5 Å². The number of para-hydroxylation sites is 1. The van der Waals surface area contributed by atoms with E-state index in [-0.39, 0.29) is 35.0 Å². The topological polar surface area (TPSA) is 142 Å². The third kappa shape index (κ3) is 6.57. The van der Waals surface area contributed by atoms with Crippen LogP contribution in [0.1, 0.15) is 16.3 Å². The van der Waals surface area contributed by atoms with E-state index in [2.05, 4.69) is 35.9 Å². The second-order valence-electron chi connectivity index (χ2n) is 7.35. The Kier molecular flexibility index (Phi) is 7.94. The number of nitrogens with zero attached hydrogens (tertiary/aromatic N) is 2. The second-order valence-corrected chi connectivity index (χ2v) is 9.89. The molecule has 0 atom stereocenters. The Hall–Kier alpha value is -4.10. The molecule has 4 aromatic rings. The Labute approximate surface area is 221 Å². The van der Waals surface area contributed by atoms with Crippen molar-refractivity contribution >= 4 is 43.4 Å². The summed E-state index contributed by atoms with van der Waals surface area (Å²) in [6.07, 6.45) is 0. The standard InChI is InChI=1S/C24H21BrN4O7S/c1-33-22-13-21(27-24(28-22)34-2)29-37(31,32)17-10-7-15(8-11-17)26-23(30)20-12-9-16(36-20)14-35-19-6-4-3-5-18(19)25/h3-13H,14H2,1-2H3,(H,26,30)(H,27,28,29). The molecule has 192 valence electrons. The van der Waals surface area contributed by atoms with Crippen LogP contribution in [0.25, 0.3) is 0 Å². The maximum Gasteiger partial charge on any atom is 0.321 e. The minimum absolute atomic E-state index is 0.0293. The number of amides is 1. The van der Waals surface area contributed by atoms with Crippen LogP contribution in [-0.2, 0) is 16.6 Å².